The van der Waals surface area contributed by atoms with Gasteiger partial charge in [0, 0.05) is 0 Å². The Balaban J connectivity index is 1.92. The summed E-state index contributed by atoms with van der Waals surface area (Å²) in [6.45, 7) is -1.99. The molecule has 236 valence electrons. The molecule has 1 aliphatic carbocycles. The van der Waals surface area contributed by atoms with Crippen LogP contribution in [-0.4, -0.2) is 153 Å². The van der Waals surface area contributed by atoms with E-state index in [1.165, 1.54) is 30.3 Å². The zero-order valence-electron chi connectivity index (χ0n) is 22.2. The van der Waals surface area contributed by atoms with E-state index in [-0.39, 0.29) is 5.75 Å². The number of ketones is 2. The lowest BCUT2D eigenvalue weighted by atomic mass is 9.69. The van der Waals surface area contributed by atoms with Gasteiger partial charge in [0.25, 0.3) is 0 Å². The fraction of sp³-hybridized carbons (Fsp3) is 0.481. The quantitative estimate of drug-likeness (QED) is 0.0820. The molecule has 2 aliphatic heterocycles. The zero-order valence-corrected chi connectivity index (χ0v) is 22.2. The number of phenols is 1. The molecule has 11 atom stereocenters. The number of phenolic OH excluding ortho intramolecular Hbond substituents is 1. The largest absolute Gasteiger partial charge is 0.508 e. The first-order valence-corrected chi connectivity index (χ1v) is 13.0. The highest BCUT2D eigenvalue weighted by Crippen LogP contribution is 2.42. The molecular weight excluding hydrogens is 580 g/mol. The molecule has 2 heterocycles. The van der Waals surface area contributed by atoms with E-state index >= 15 is 0 Å². The minimum atomic E-state index is -3.63. The van der Waals surface area contributed by atoms with Crippen molar-refractivity contribution in [3.8, 4) is 5.75 Å². The molecule has 4 rings (SSSR count). The summed E-state index contributed by atoms with van der Waals surface area (Å²) >= 11 is 0. The van der Waals surface area contributed by atoms with Gasteiger partial charge in [-0.25, -0.2) is 0 Å². The van der Waals surface area contributed by atoms with Gasteiger partial charge in [0.2, 0.25) is 17.2 Å². The second kappa shape index (κ2) is 12.4. The first-order valence-electron chi connectivity index (χ1n) is 13.0. The predicted octanol–water partition coefficient (Wildman–Crippen LogP) is -4.40. The summed E-state index contributed by atoms with van der Waals surface area (Å²) in [5.41, 5.74) is -5.62. The van der Waals surface area contributed by atoms with Crippen LogP contribution >= 0.6 is 0 Å². The van der Waals surface area contributed by atoms with Crippen LogP contribution in [0.4, 0.5) is 0 Å². The van der Waals surface area contributed by atoms with Crippen LogP contribution in [0.3, 0.4) is 0 Å². The van der Waals surface area contributed by atoms with E-state index in [1.54, 1.807) is 0 Å². The number of hydrogen-bond donors (Lipinski definition) is 12. The number of aliphatic hydroxyl groups is 11. The van der Waals surface area contributed by atoms with Gasteiger partial charge in [0.15, 0.2) is 0 Å². The maximum absolute atomic E-state index is 13.9. The summed E-state index contributed by atoms with van der Waals surface area (Å²) < 4.78 is 10.6. The third-order valence-corrected chi connectivity index (χ3v) is 7.72. The highest BCUT2D eigenvalue weighted by Gasteiger charge is 2.65. The second-order valence-electron chi connectivity index (χ2n) is 10.4. The summed E-state index contributed by atoms with van der Waals surface area (Å²) in [6.07, 6.45) is -18.7. The average molecular weight is 613 g/mol. The molecule has 0 aromatic heterocycles. The molecule has 12 N–H and O–H groups in total. The minimum Gasteiger partial charge on any atom is -0.508 e. The number of benzene rings is 1. The summed E-state index contributed by atoms with van der Waals surface area (Å²) in [7, 11) is 0. The third-order valence-electron chi connectivity index (χ3n) is 7.72. The average Bonchev–Trinajstić information content (AvgIpc) is 2.98. The highest BCUT2D eigenvalue weighted by molar-refractivity contribution is 6.28. The van der Waals surface area contributed by atoms with Gasteiger partial charge >= 0.3 is 0 Å². The molecule has 0 bridgehead atoms. The van der Waals surface area contributed by atoms with E-state index in [9.17, 15) is 70.9 Å². The van der Waals surface area contributed by atoms with Crippen molar-refractivity contribution in [2.75, 3.05) is 13.2 Å². The van der Waals surface area contributed by atoms with Gasteiger partial charge in [-0.05, 0) is 23.8 Å². The molecule has 0 radical (unpaired) electrons. The molecule has 1 aromatic carbocycles. The van der Waals surface area contributed by atoms with Crippen molar-refractivity contribution in [3.63, 3.8) is 0 Å². The van der Waals surface area contributed by atoms with Gasteiger partial charge in [0.1, 0.15) is 83.9 Å². The standard InChI is InChI=1S/C27H32O16/c28-7-12-16(32)19(35)21(37)23(42-12)15-18(34)14(11(31)6-3-9-1-4-10(30)5-2-9)24(39)27(41,25(15)40)26-22(38)20(36)17(33)13(8-29)43-26/h1-6,12-13,16-17,19-23,26,28-38,41H,7-8H2/b6-3+,14-11+/t12-,13-,16-,17-,19+,20+,21-,22-,23+,26-,27?/m0/s1. The number of aliphatic hydroxyl groups excluding tert-OH is 10. The van der Waals surface area contributed by atoms with Crippen LogP contribution in [-0.2, 0) is 19.1 Å². The van der Waals surface area contributed by atoms with Crippen molar-refractivity contribution in [2.45, 2.75) is 66.6 Å². The van der Waals surface area contributed by atoms with E-state index in [0.717, 1.165) is 6.08 Å². The monoisotopic (exact) mass is 612 g/mol. The molecular formula is C27H32O16. The maximum atomic E-state index is 13.9. The topological polar surface area (TPSA) is 295 Å². The van der Waals surface area contributed by atoms with Crippen molar-refractivity contribution in [1.29, 1.82) is 0 Å². The van der Waals surface area contributed by atoms with Crippen LogP contribution in [0.5, 0.6) is 5.75 Å². The Labute approximate surface area is 242 Å². The van der Waals surface area contributed by atoms with Gasteiger partial charge in [-0.3, -0.25) is 9.59 Å². The first-order chi connectivity index (χ1) is 20.2. The normalized spacial score (nSPS) is 40.3. The van der Waals surface area contributed by atoms with Crippen LogP contribution in [0.25, 0.3) is 6.08 Å². The molecule has 3 aliphatic rings. The molecule has 1 aromatic rings. The lowest BCUT2D eigenvalue weighted by Crippen LogP contribution is -2.72. The van der Waals surface area contributed by atoms with Gasteiger partial charge in [-0.2, -0.15) is 0 Å². The number of allylic oxidation sites excluding steroid dienone is 2. The van der Waals surface area contributed by atoms with Crippen molar-refractivity contribution in [1.82, 2.24) is 0 Å². The number of aromatic hydroxyl groups is 1. The minimum absolute atomic E-state index is 0.0879. The molecule has 43 heavy (non-hydrogen) atoms. The van der Waals surface area contributed by atoms with Crippen molar-refractivity contribution in [3.05, 3.63) is 58.6 Å². The lowest BCUT2D eigenvalue weighted by Gasteiger charge is -2.48. The van der Waals surface area contributed by atoms with Crippen molar-refractivity contribution in [2.24, 2.45) is 0 Å². The van der Waals surface area contributed by atoms with Crippen LogP contribution in [0.2, 0.25) is 0 Å². The van der Waals surface area contributed by atoms with Gasteiger partial charge in [-0.15, -0.1) is 0 Å². The molecule has 16 nitrogen and oxygen atoms in total. The van der Waals surface area contributed by atoms with Crippen molar-refractivity contribution >= 4 is 17.6 Å². The molecule has 0 spiro atoms. The summed E-state index contributed by atoms with van der Waals surface area (Å²) in [6, 6.07) is 5.38. The summed E-state index contributed by atoms with van der Waals surface area (Å²) in [5, 5.41) is 125. The number of rotatable bonds is 6. The van der Waals surface area contributed by atoms with Gasteiger partial charge in [0.05, 0.1) is 18.8 Å². The summed E-state index contributed by atoms with van der Waals surface area (Å²) in [5.74, 6) is -6.12. The van der Waals surface area contributed by atoms with E-state index in [2.05, 4.69) is 0 Å². The highest BCUT2D eigenvalue weighted by atomic mass is 16.6. The van der Waals surface area contributed by atoms with Crippen LogP contribution in [0, 0.1) is 0 Å². The number of carbonyl (C=O) groups excluding carboxylic acids is 2. The number of hydrogen-bond acceptors (Lipinski definition) is 16. The zero-order chi connectivity index (χ0) is 32.0. The SMILES string of the molecule is O=C1C([C@H]2O[C@@H](CO)[C@H](O)[C@@H](O)[C@@H]2O)=C(O)/C(=C(O)/C=C/c2ccc(O)cc2)C(=O)C1(O)[C@H]1O[C@@H](CO)[C@H](O)[C@@H](O)[C@@H]1O. The fourth-order valence-electron chi connectivity index (χ4n) is 5.24. The van der Waals surface area contributed by atoms with Crippen LogP contribution < -0.4 is 0 Å². The van der Waals surface area contributed by atoms with Crippen molar-refractivity contribution < 1.29 is 80.3 Å². The number of carbonyl (C=O) groups is 2. The molecule has 2 fully saturated rings. The summed E-state index contributed by atoms with van der Waals surface area (Å²) in [4.78, 5) is 27.6. The Morgan fingerprint density at radius 1 is 0.767 bits per heavy atom. The predicted molar refractivity (Wildman–Crippen MR) is 139 cm³/mol. The van der Waals surface area contributed by atoms with E-state index in [1.807, 2.05) is 0 Å². The second-order valence-corrected chi connectivity index (χ2v) is 10.4. The molecule has 0 amide bonds. The molecule has 2 saturated heterocycles. The Morgan fingerprint density at radius 2 is 1.30 bits per heavy atom. The van der Waals surface area contributed by atoms with E-state index in [0.29, 0.717) is 5.56 Å². The molecule has 1 unspecified atom stereocenters. The Bertz CT molecular complexity index is 1320. The Kier molecular flexibility index (Phi) is 9.41. The lowest BCUT2D eigenvalue weighted by molar-refractivity contribution is -0.261. The van der Waals surface area contributed by atoms with Crippen LogP contribution in [0.15, 0.2) is 53.0 Å². The maximum Gasteiger partial charge on any atom is 0.219 e. The molecule has 16 heteroatoms. The number of ether oxygens (including phenoxy) is 2. The van der Waals surface area contributed by atoms with E-state index < -0.39 is 114 Å². The fourth-order valence-corrected chi connectivity index (χ4v) is 5.24. The third kappa shape index (κ3) is 5.47. The van der Waals surface area contributed by atoms with E-state index in [4.69, 9.17) is 9.47 Å². The molecule has 0 saturated carbocycles. The van der Waals surface area contributed by atoms with Gasteiger partial charge < -0.3 is 70.8 Å². The Morgan fingerprint density at radius 3 is 1.86 bits per heavy atom. The van der Waals surface area contributed by atoms with Gasteiger partial charge in [-0.1, -0.05) is 18.2 Å². The smallest absolute Gasteiger partial charge is 0.219 e. The Hall–Kier alpha value is -3.26. The number of Topliss-reactive ketones (excluding diaryl/α,β-unsaturated/α-hetero) is 2. The first kappa shape index (κ1) is 32.6. The van der Waals surface area contributed by atoms with Crippen LogP contribution in [0.1, 0.15) is 5.56 Å².